The first-order chi connectivity index (χ1) is 9.99. The Morgan fingerprint density at radius 2 is 2.10 bits per heavy atom. The van der Waals surface area contributed by atoms with Crippen LogP contribution >= 0.6 is 0 Å². The molecule has 0 bridgehead atoms. The van der Waals surface area contributed by atoms with E-state index in [1.165, 1.54) is 0 Å². The van der Waals surface area contributed by atoms with Crippen molar-refractivity contribution in [2.24, 2.45) is 16.8 Å². The molecule has 0 spiro atoms. The fraction of sp³-hybridized carbons (Fsp3) is 0.562. The van der Waals surface area contributed by atoms with Crippen molar-refractivity contribution in [2.45, 2.75) is 39.8 Å². The van der Waals surface area contributed by atoms with Crippen LogP contribution in [-0.2, 0) is 4.74 Å². The molecule has 1 N–H and O–H groups in total. The van der Waals surface area contributed by atoms with Gasteiger partial charge in [0.1, 0.15) is 18.3 Å². The first kappa shape index (κ1) is 15.5. The lowest BCUT2D eigenvalue weighted by atomic mass is 10.0. The molecule has 1 aromatic rings. The van der Waals surface area contributed by atoms with E-state index in [4.69, 9.17) is 4.74 Å². The molecule has 0 radical (unpaired) electrons. The van der Waals surface area contributed by atoms with E-state index in [-0.39, 0.29) is 23.9 Å². The molecule has 5 heteroatoms. The Morgan fingerprint density at radius 1 is 1.33 bits per heavy atom. The summed E-state index contributed by atoms with van der Waals surface area (Å²) in [5, 5.41) is 2.98. The number of pyridine rings is 1. The Kier molecular flexibility index (Phi) is 4.94. The molecule has 21 heavy (non-hydrogen) atoms. The smallest absolute Gasteiger partial charge is 0.270 e. The highest BCUT2D eigenvalue weighted by molar-refractivity contribution is 5.96. The topological polar surface area (TPSA) is 63.6 Å². The van der Waals surface area contributed by atoms with Gasteiger partial charge in [0.05, 0.1) is 6.04 Å². The number of nitrogens with one attached hydrogen (secondary N) is 1. The van der Waals surface area contributed by atoms with Gasteiger partial charge >= 0.3 is 0 Å². The number of hydrogen-bond donors (Lipinski definition) is 1. The molecule has 0 fully saturated rings. The zero-order valence-electron chi connectivity index (χ0n) is 13.0. The predicted octanol–water partition coefficient (Wildman–Crippen LogP) is 2.29. The first-order valence-corrected chi connectivity index (χ1v) is 7.41. The van der Waals surface area contributed by atoms with Crippen molar-refractivity contribution < 1.29 is 9.53 Å². The monoisotopic (exact) mass is 289 g/mol. The molecule has 1 aliphatic heterocycles. The summed E-state index contributed by atoms with van der Waals surface area (Å²) in [5.74, 6) is 1.06. The number of carbonyl (C=O) groups excluding carboxylic acids is 1. The molecule has 1 amide bonds. The lowest BCUT2D eigenvalue weighted by Gasteiger charge is -2.21. The van der Waals surface area contributed by atoms with E-state index < -0.39 is 0 Å². The van der Waals surface area contributed by atoms with Crippen molar-refractivity contribution in [3.8, 4) is 0 Å². The number of carbonyl (C=O) groups is 1. The average Bonchev–Trinajstić information content (AvgIpc) is 2.94. The van der Waals surface area contributed by atoms with Gasteiger partial charge in [0, 0.05) is 6.20 Å². The molecule has 2 rings (SSSR count). The molecule has 1 aliphatic rings. The van der Waals surface area contributed by atoms with Gasteiger partial charge < -0.3 is 10.1 Å². The van der Waals surface area contributed by atoms with Crippen molar-refractivity contribution >= 4 is 11.8 Å². The molecule has 5 nitrogen and oxygen atoms in total. The molecule has 0 saturated heterocycles. The van der Waals surface area contributed by atoms with Gasteiger partial charge in [0.25, 0.3) is 5.91 Å². The lowest BCUT2D eigenvalue weighted by Crippen LogP contribution is -2.44. The maximum atomic E-state index is 12.2. The molecular weight excluding hydrogens is 266 g/mol. The van der Waals surface area contributed by atoms with Crippen molar-refractivity contribution in [2.75, 3.05) is 6.61 Å². The van der Waals surface area contributed by atoms with Gasteiger partial charge in [-0.2, -0.15) is 0 Å². The maximum absolute atomic E-state index is 12.2. The number of hydrogen-bond acceptors (Lipinski definition) is 4. The van der Waals surface area contributed by atoms with E-state index >= 15 is 0 Å². The van der Waals surface area contributed by atoms with E-state index in [0.29, 0.717) is 24.1 Å². The maximum Gasteiger partial charge on any atom is 0.270 e. The summed E-state index contributed by atoms with van der Waals surface area (Å²) in [6, 6.07) is 5.23. The Morgan fingerprint density at radius 3 is 2.62 bits per heavy atom. The van der Waals surface area contributed by atoms with Crippen molar-refractivity contribution in [1.82, 2.24) is 10.3 Å². The lowest BCUT2D eigenvalue weighted by molar-refractivity contribution is 0.0929. The van der Waals surface area contributed by atoms with E-state index in [1.54, 1.807) is 24.4 Å². The third kappa shape index (κ3) is 3.80. The van der Waals surface area contributed by atoms with Crippen LogP contribution in [0.15, 0.2) is 29.4 Å². The third-order valence-corrected chi connectivity index (χ3v) is 3.58. The van der Waals surface area contributed by atoms with Gasteiger partial charge in [-0.05, 0) is 24.0 Å². The summed E-state index contributed by atoms with van der Waals surface area (Å²) in [7, 11) is 0. The zero-order chi connectivity index (χ0) is 15.4. The molecule has 2 heterocycles. The van der Waals surface area contributed by atoms with Crippen molar-refractivity contribution in [3.63, 3.8) is 0 Å². The summed E-state index contributed by atoms with van der Waals surface area (Å²) in [6.45, 7) is 8.92. The van der Waals surface area contributed by atoms with Crippen LogP contribution in [0, 0.1) is 11.8 Å². The van der Waals surface area contributed by atoms with Crippen molar-refractivity contribution in [3.05, 3.63) is 30.1 Å². The van der Waals surface area contributed by atoms with Gasteiger partial charge in [-0.25, -0.2) is 4.99 Å². The molecule has 0 aliphatic carbocycles. The van der Waals surface area contributed by atoms with Gasteiger partial charge in [-0.3, -0.25) is 9.78 Å². The van der Waals surface area contributed by atoms with Crippen LogP contribution in [0.3, 0.4) is 0 Å². The second-order valence-electron chi connectivity index (χ2n) is 6.00. The summed E-state index contributed by atoms with van der Waals surface area (Å²) in [6.07, 6.45) is 1.61. The number of amides is 1. The summed E-state index contributed by atoms with van der Waals surface area (Å²) < 4.78 is 5.70. The average molecular weight is 289 g/mol. The van der Waals surface area contributed by atoms with E-state index in [2.05, 4.69) is 29.1 Å². The molecular formula is C16H23N3O2. The Balaban J connectivity index is 2.10. The van der Waals surface area contributed by atoms with Crippen LogP contribution in [0.25, 0.3) is 0 Å². The number of ether oxygens (including phenoxy) is 1. The third-order valence-electron chi connectivity index (χ3n) is 3.58. The Bertz CT molecular complexity index is 512. The fourth-order valence-corrected chi connectivity index (χ4v) is 2.15. The largest absolute Gasteiger partial charge is 0.477 e. The van der Waals surface area contributed by atoms with E-state index in [1.807, 2.05) is 13.8 Å². The van der Waals surface area contributed by atoms with Crippen molar-refractivity contribution in [1.29, 1.82) is 0 Å². The highest BCUT2D eigenvalue weighted by atomic mass is 16.5. The Hall–Kier alpha value is -1.91. The molecule has 114 valence electrons. The minimum atomic E-state index is -0.219. The number of rotatable bonds is 5. The summed E-state index contributed by atoms with van der Waals surface area (Å²) in [5.41, 5.74) is 0.405. The molecule has 1 aromatic heterocycles. The normalized spacial score (nSPS) is 19.3. The standard InChI is InChI=1S/C16H23N3O2/c1-10(2)13-9-21-16(18-13)14(11(3)4)19-15(20)12-7-5-6-8-17-12/h5-8,10-11,13-14H,9H2,1-4H3,(H,19,20)/t13-,14+/m1/s1. The van der Waals surface area contributed by atoms with Gasteiger partial charge in [0.15, 0.2) is 0 Å². The van der Waals surface area contributed by atoms with Crippen LogP contribution in [-0.4, -0.2) is 35.5 Å². The quantitative estimate of drug-likeness (QED) is 0.904. The SMILES string of the molecule is CC(C)[C@H](NC(=O)c1ccccn1)C1=N[C@@H](C(C)C)CO1. The second kappa shape index (κ2) is 6.70. The predicted molar refractivity (Wildman–Crippen MR) is 82.3 cm³/mol. The van der Waals surface area contributed by atoms with Crippen LogP contribution in [0.2, 0.25) is 0 Å². The fourth-order valence-electron chi connectivity index (χ4n) is 2.15. The highest BCUT2D eigenvalue weighted by Gasteiger charge is 2.30. The van der Waals surface area contributed by atoms with Gasteiger partial charge in [-0.15, -0.1) is 0 Å². The number of nitrogens with zero attached hydrogens (tertiary/aromatic N) is 2. The molecule has 0 aromatic carbocycles. The number of aromatic nitrogens is 1. The second-order valence-corrected chi connectivity index (χ2v) is 6.00. The van der Waals surface area contributed by atoms with Gasteiger partial charge in [-0.1, -0.05) is 33.8 Å². The minimum absolute atomic E-state index is 0.174. The van der Waals surface area contributed by atoms with Crippen LogP contribution in [0.5, 0.6) is 0 Å². The van der Waals surface area contributed by atoms with Crippen LogP contribution in [0.4, 0.5) is 0 Å². The summed E-state index contributed by atoms with van der Waals surface area (Å²) >= 11 is 0. The Labute approximate surface area is 125 Å². The molecule has 2 atom stereocenters. The summed E-state index contributed by atoms with van der Waals surface area (Å²) in [4.78, 5) is 20.9. The van der Waals surface area contributed by atoms with Crippen LogP contribution in [0.1, 0.15) is 38.2 Å². The van der Waals surface area contributed by atoms with E-state index in [0.717, 1.165) is 0 Å². The van der Waals surface area contributed by atoms with E-state index in [9.17, 15) is 4.79 Å². The highest BCUT2D eigenvalue weighted by Crippen LogP contribution is 2.18. The minimum Gasteiger partial charge on any atom is -0.477 e. The zero-order valence-corrected chi connectivity index (χ0v) is 13.0. The molecule has 0 saturated carbocycles. The van der Waals surface area contributed by atoms with Crippen LogP contribution < -0.4 is 5.32 Å². The number of aliphatic imine (C=N–C) groups is 1. The molecule has 0 unspecified atom stereocenters. The van der Waals surface area contributed by atoms with Gasteiger partial charge in [0.2, 0.25) is 5.90 Å². The first-order valence-electron chi connectivity index (χ1n) is 7.41.